The zero-order valence-corrected chi connectivity index (χ0v) is 19.3. The van der Waals surface area contributed by atoms with Crippen LogP contribution in [0.5, 0.6) is 11.5 Å². The number of fused-ring (bicyclic) bond motifs is 3. The molecule has 1 aliphatic rings. The predicted molar refractivity (Wildman–Crippen MR) is 131 cm³/mol. The van der Waals surface area contributed by atoms with E-state index in [1.165, 1.54) is 9.13 Å². The maximum atomic E-state index is 13.4. The molecule has 0 aliphatic carbocycles. The second-order valence-corrected chi connectivity index (χ2v) is 8.00. The van der Waals surface area contributed by atoms with Gasteiger partial charge < -0.3 is 18.9 Å². The number of hydrogen-bond acceptors (Lipinski definition) is 6. The molecule has 0 N–H and O–H groups in total. The highest BCUT2D eigenvalue weighted by atomic mass is 16.5. The van der Waals surface area contributed by atoms with Gasteiger partial charge in [0.2, 0.25) is 5.95 Å². The molecule has 0 saturated carbocycles. The number of nitrogens with zero attached hydrogens (tertiary/aromatic N) is 5. The van der Waals surface area contributed by atoms with Crippen LogP contribution in [0, 0.1) is 0 Å². The summed E-state index contributed by atoms with van der Waals surface area (Å²) >= 11 is 0. The summed E-state index contributed by atoms with van der Waals surface area (Å²) in [7, 11) is 4.85. The van der Waals surface area contributed by atoms with Gasteiger partial charge in [-0.05, 0) is 17.7 Å². The van der Waals surface area contributed by atoms with E-state index >= 15 is 0 Å². The number of anilines is 2. The molecule has 0 saturated heterocycles. The van der Waals surface area contributed by atoms with Crippen molar-refractivity contribution in [1.29, 1.82) is 0 Å². The Labute approximate surface area is 195 Å². The maximum absolute atomic E-state index is 13.4. The first-order valence-electron chi connectivity index (χ1n) is 10.9. The minimum Gasteiger partial charge on any atom is -0.497 e. The highest BCUT2D eigenvalue weighted by molar-refractivity contribution is 5.79. The minimum absolute atomic E-state index is 0.171. The summed E-state index contributed by atoms with van der Waals surface area (Å²) in [5.74, 6) is 1.94. The van der Waals surface area contributed by atoms with Crippen LogP contribution in [0.25, 0.3) is 17.2 Å². The molecule has 0 radical (unpaired) electrons. The van der Waals surface area contributed by atoms with Crippen LogP contribution in [0.3, 0.4) is 0 Å². The van der Waals surface area contributed by atoms with Crippen LogP contribution in [-0.4, -0.2) is 39.4 Å². The molecule has 174 valence electrons. The Hall–Kier alpha value is -4.27. The fourth-order valence-electron chi connectivity index (χ4n) is 4.33. The first-order valence-corrected chi connectivity index (χ1v) is 10.9. The lowest BCUT2D eigenvalue weighted by molar-refractivity contribution is 0.403. The van der Waals surface area contributed by atoms with E-state index in [0.717, 1.165) is 11.3 Å². The fourth-order valence-corrected chi connectivity index (χ4v) is 4.33. The number of allylic oxidation sites excluding steroid dienone is 1. The molecular weight excluding hydrogens is 434 g/mol. The lowest BCUT2D eigenvalue weighted by Crippen LogP contribution is -2.39. The van der Waals surface area contributed by atoms with Gasteiger partial charge in [0.1, 0.15) is 11.5 Å². The molecule has 0 amide bonds. The Morgan fingerprint density at radius 3 is 2.56 bits per heavy atom. The number of methoxy groups -OCH3 is 2. The minimum atomic E-state index is -0.405. The molecule has 0 spiro atoms. The molecule has 0 bridgehead atoms. The summed E-state index contributed by atoms with van der Waals surface area (Å²) in [6.45, 7) is 1.34. The van der Waals surface area contributed by atoms with Gasteiger partial charge in [0, 0.05) is 32.7 Å². The summed E-state index contributed by atoms with van der Waals surface area (Å²) in [4.78, 5) is 33.1. The molecular formula is C25H25N5O4. The van der Waals surface area contributed by atoms with Crippen molar-refractivity contribution >= 4 is 28.9 Å². The second kappa shape index (κ2) is 8.58. The number of ether oxygens (including phenoxy) is 2. The van der Waals surface area contributed by atoms with Crippen molar-refractivity contribution in [3.05, 3.63) is 81.0 Å². The average molecular weight is 460 g/mol. The van der Waals surface area contributed by atoms with E-state index in [0.29, 0.717) is 41.7 Å². The zero-order valence-electron chi connectivity index (χ0n) is 19.3. The Balaban J connectivity index is 1.60. The van der Waals surface area contributed by atoms with E-state index in [1.54, 1.807) is 21.3 Å². The highest BCUT2D eigenvalue weighted by Crippen LogP contribution is 2.39. The molecule has 9 heteroatoms. The van der Waals surface area contributed by atoms with Gasteiger partial charge in [-0.25, -0.2) is 4.79 Å². The van der Waals surface area contributed by atoms with Crippen LogP contribution in [-0.2, 0) is 20.1 Å². The van der Waals surface area contributed by atoms with Crippen LogP contribution in [0.15, 0.2) is 64.2 Å². The van der Waals surface area contributed by atoms with Crippen molar-refractivity contribution in [3.63, 3.8) is 0 Å². The molecule has 0 atom stereocenters. The molecule has 0 fully saturated rings. The molecule has 2 aromatic carbocycles. The molecule has 3 heterocycles. The molecule has 9 nitrogen and oxygen atoms in total. The Bertz CT molecular complexity index is 1510. The van der Waals surface area contributed by atoms with E-state index in [4.69, 9.17) is 14.5 Å². The summed E-state index contributed by atoms with van der Waals surface area (Å²) < 4.78 is 15.5. The van der Waals surface area contributed by atoms with Gasteiger partial charge in [-0.15, -0.1) is 0 Å². The quantitative estimate of drug-likeness (QED) is 0.441. The van der Waals surface area contributed by atoms with Crippen LogP contribution in [0.4, 0.5) is 11.6 Å². The predicted octanol–water partition coefficient (Wildman–Crippen LogP) is 2.78. The summed E-state index contributed by atoms with van der Waals surface area (Å²) in [5.41, 5.74) is 1.80. The largest absolute Gasteiger partial charge is 0.497 e. The van der Waals surface area contributed by atoms with Crippen molar-refractivity contribution in [2.45, 2.75) is 13.1 Å². The van der Waals surface area contributed by atoms with E-state index in [9.17, 15) is 9.59 Å². The molecule has 5 rings (SSSR count). The van der Waals surface area contributed by atoms with Gasteiger partial charge in [-0.3, -0.25) is 13.9 Å². The first kappa shape index (κ1) is 21.6. The van der Waals surface area contributed by atoms with Gasteiger partial charge in [-0.1, -0.05) is 42.5 Å². The molecule has 1 aliphatic heterocycles. The summed E-state index contributed by atoms with van der Waals surface area (Å²) in [6, 6.07) is 15.3. The number of benzene rings is 2. The Kier molecular flexibility index (Phi) is 5.45. The van der Waals surface area contributed by atoms with Crippen molar-refractivity contribution in [3.8, 4) is 11.5 Å². The normalized spacial score (nSPS) is 13.1. The average Bonchev–Trinajstić information content (AvgIpc) is 3.44. The lowest BCUT2D eigenvalue weighted by Gasteiger charge is -2.19. The molecule has 34 heavy (non-hydrogen) atoms. The number of hydrogen-bond donors (Lipinski definition) is 0. The molecule has 0 unspecified atom stereocenters. The third-order valence-corrected chi connectivity index (χ3v) is 6.08. The smallest absolute Gasteiger partial charge is 0.332 e. The Morgan fingerprint density at radius 2 is 1.82 bits per heavy atom. The van der Waals surface area contributed by atoms with Gasteiger partial charge >= 0.3 is 5.69 Å². The summed E-state index contributed by atoms with van der Waals surface area (Å²) in [5, 5.41) is 0. The van der Waals surface area contributed by atoms with Crippen LogP contribution >= 0.6 is 0 Å². The highest BCUT2D eigenvalue weighted by Gasteiger charge is 2.30. The number of aryl methyl sites for hydroxylation is 1. The topological polar surface area (TPSA) is 83.5 Å². The van der Waals surface area contributed by atoms with Crippen molar-refractivity contribution < 1.29 is 9.47 Å². The Morgan fingerprint density at radius 1 is 1.03 bits per heavy atom. The first-order chi connectivity index (χ1) is 16.5. The SMILES string of the molecule is COc1ccc(OC)c(N2CCn3c2nc2c3c(=O)n(CC=Cc3ccccc3)c(=O)n2C)c1. The van der Waals surface area contributed by atoms with Crippen molar-refractivity contribution in [1.82, 2.24) is 18.7 Å². The van der Waals surface area contributed by atoms with E-state index in [2.05, 4.69) is 0 Å². The third kappa shape index (κ3) is 3.45. The fraction of sp³-hybridized carbons (Fsp3) is 0.240. The van der Waals surface area contributed by atoms with Crippen LogP contribution < -0.4 is 25.6 Å². The zero-order chi connectivity index (χ0) is 23.8. The van der Waals surface area contributed by atoms with Gasteiger partial charge in [0.25, 0.3) is 5.56 Å². The van der Waals surface area contributed by atoms with E-state index in [-0.39, 0.29) is 12.1 Å². The van der Waals surface area contributed by atoms with E-state index in [1.807, 2.05) is 70.1 Å². The number of rotatable bonds is 6. The monoisotopic (exact) mass is 459 g/mol. The number of aromatic nitrogens is 4. The van der Waals surface area contributed by atoms with Crippen LogP contribution in [0.2, 0.25) is 0 Å². The number of imidazole rings is 1. The van der Waals surface area contributed by atoms with E-state index < -0.39 is 5.69 Å². The summed E-state index contributed by atoms with van der Waals surface area (Å²) in [6.07, 6.45) is 3.71. The lowest BCUT2D eigenvalue weighted by atomic mass is 10.2. The third-order valence-electron chi connectivity index (χ3n) is 6.08. The van der Waals surface area contributed by atoms with Crippen LogP contribution in [0.1, 0.15) is 5.56 Å². The second-order valence-electron chi connectivity index (χ2n) is 8.00. The van der Waals surface area contributed by atoms with Gasteiger partial charge in [0.15, 0.2) is 11.2 Å². The van der Waals surface area contributed by atoms with Gasteiger partial charge in [0.05, 0.1) is 19.9 Å². The van der Waals surface area contributed by atoms with Gasteiger partial charge in [-0.2, -0.15) is 4.98 Å². The standard InChI is InChI=1S/C25H25N5O4/c1-27-22-21(23(31)30(25(27)32)13-7-10-17-8-5-4-6-9-17)29-15-14-28(24(29)26-22)19-16-18(33-2)11-12-20(19)34-3/h4-12,16H,13-15H2,1-3H3. The van der Waals surface area contributed by atoms with Crippen molar-refractivity contribution in [2.75, 3.05) is 25.7 Å². The molecule has 2 aromatic heterocycles. The van der Waals surface area contributed by atoms with Crippen molar-refractivity contribution in [2.24, 2.45) is 7.05 Å². The molecule has 4 aromatic rings. The maximum Gasteiger partial charge on any atom is 0.332 e.